The van der Waals surface area contributed by atoms with Gasteiger partial charge in [0.05, 0.1) is 0 Å². The molecule has 0 atom stereocenters. The lowest BCUT2D eigenvalue weighted by Gasteiger charge is -2.36. The van der Waals surface area contributed by atoms with Crippen molar-refractivity contribution < 1.29 is 15.0 Å². The van der Waals surface area contributed by atoms with Crippen LogP contribution in [0, 0.1) is 5.41 Å². The fourth-order valence-corrected chi connectivity index (χ4v) is 2.22. The summed E-state index contributed by atoms with van der Waals surface area (Å²) in [6, 6.07) is 4.00. The largest absolute Gasteiger partial charge is 0.508 e. The van der Waals surface area contributed by atoms with E-state index in [2.05, 4.69) is 13.8 Å². The molecule has 0 saturated carbocycles. The van der Waals surface area contributed by atoms with Gasteiger partial charge in [-0.05, 0) is 30.4 Å². The average Bonchev–Trinajstić information content (AvgIpc) is 2.27. The molecule has 2 rings (SSSR count). The van der Waals surface area contributed by atoms with E-state index in [0.717, 1.165) is 25.9 Å². The highest BCUT2D eigenvalue weighted by molar-refractivity contribution is 5.95. The fourth-order valence-electron chi connectivity index (χ4n) is 2.22. The molecule has 1 aliphatic rings. The van der Waals surface area contributed by atoms with Crippen molar-refractivity contribution in [1.29, 1.82) is 0 Å². The number of rotatable bonds is 1. The fraction of sp³-hybridized carbons (Fsp3) is 0.500. The molecular formula is C14H19NO3. The molecule has 0 unspecified atom stereocenters. The number of nitrogens with zero attached hydrogens (tertiary/aromatic N) is 1. The zero-order chi connectivity index (χ0) is 13.3. The number of carbonyl (C=O) groups is 1. The first-order valence-corrected chi connectivity index (χ1v) is 6.20. The molecule has 1 fully saturated rings. The number of amides is 1. The summed E-state index contributed by atoms with van der Waals surface area (Å²) in [6.07, 6.45) is 1.95. The zero-order valence-electron chi connectivity index (χ0n) is 10.8. The summed E-state index contributed by atoms with van der Waals surface area (Å²) in [5.41, 5.74) is 0.629. The van der Waals surface area contributed by atoms with Crippen molar-refractivity contribution in [3.8, 4) is 11.5 Å². The van der Waals surface area contributed by atoms with E-state index in [9.17, 15) is 15.0 Å². The lowest BCUT2D eigenvalue weighted by atomic mass is 9.82. The van der Waals surface area contributed by atoms with Crippen LogP contribution in [-0.4, -0.2) is 34.1 Å². The minimum Gasteiger partial charge on any atom is -0.508 e. The maximum absolute atomic E-state index is 12.2. The molecule has 98 valence electrons. The molecule has 0 bridgehead atoms. The van der Waals surface area contributed by atoms with Gasteiger partial charge in [-0.2, -0.15) is 0 Å². The van der Waals surface area contributed by atoms with Gasteiger partial charge in [0, 0.05) is 24.7 Å². The first kappa shape index (κ1) is 12.7. The molecule has 0 aliphatic carbocycles. The van der Waals surface area contributed by atoms with Gasteiger partial charge in [0.1, 0.15) is 11.5 Å². The summed E-state index contributed by atoms with van der Waals surface area (Å²) in [5, 5.41) is 18.8. The van der Waals surface area contributed by atoms with E-state index in [1.165, 1.54) is 18.2 Å². The first-order chi connectivity index (χ1) is 8.37. The lowest BCUT2D eigenvalue weighted by Crippen LogP contribution is -2.41. The molecule has 0 spiro atoms. The molecule has 1 aliphatic heterocycles. The Kier molecular flexibility index (Phi) is 3.20. The summed E-state index contributed by atoms with van der Waals surface area (Å²) in [7, 11) is 0. The van der Waals surface area contributed by atoms with Gasteiger partial charge in [-0.25, -0.2) is 0 Å². The molecule has 1 aromatic carbocycles. The van der Waals surface area contributed by atoms with Crippen molar-refractivity contribution in [2.24, 2.45) is 5.41 Å². The van der Waals surface area contributed by atoms with Gasteiger partial charge in [0.25, 0.3) is 5.91 Å². The summed E-state index contributed by atoms with van der Waals surface area (Å²) in [6.45, 7) is 5.86. The number of hydrogen-bond acceptors (Lipinski definition) is 3. The molecule has 4 nitrogen and oxygen atoms in total. The standard InChI is InChI=1S/C14H19NO3/c1-14(2)3-5-15(6-4-14)13(18)10-7-11(16)9-12(17)8-10/h7-9,16-17H,3-6H2,1-2H3. The Morgan fingerprint density at radius 1 is 1.11 bits per heavy atom. The number of hydrogen-bond donors (Lipinski definition) is 2. The van der Waals surface area contributed by atoms with Crippen LogP contribution in [0.3, 0.4) is 0 Å². The molecule has 2 N–H and O–H groups in total. The Morgan fingerprint density at radius 2 is 1.61 bits per heavy atom. The first-order valence-electron chi connectivity index (χ1n) is 6.20. The third-order valence-electron chi connectivity index (χ3n) is 3.55. The highest BCUT2D eigenvalue weighted by Gasteiger charge is 2.28. The molecule has 1 aromatic rings. The van der Waals surface area contributed by atoms with Crippen molar-refractivity contribution in [2.45, 2.75) is 26.7 Å². The van der Waals surface area contributed by atoms with Crippen molar-refractivity contribution in [2.75, 3.05) is 13.1 Å². The minimum atomic E-state index is -0.128. The Labute approximate surface area is 107 Å². The number of carbonyl (C=O) groups excluding carboxylic acids is 1. The van der Waals surface area contributed by atoms with E-state index in [0.29, 0.717) is 5.56 Å². The number of piperidine rings is 1. The number of benzene rings is 1. The van der Waals surface area contributed by atoms with Gasteiger partial charge >= 0.3 is 0 Å². The average molecular weight is 249 g/mol. The Hall–Kier alpha value is -1.71. The summed E-state index contributed by atoms with van der Waals surface area (Å²) >= 11 is 0. The SMILES string of the molecule is CC1(C)CCN(C(=O)c2cc(O)cc(O)c2)CC1. The number of aromatic hydroxyl groups is 2. The number of phenolic OH excluding ortho intramolecular Hbond substituents is 2. The van der Waals surface area contributed by atoms with Gasteiger partial charge in [0.2, 0.25) is 0 Å². The van der Waals surface area contributed by atoms with Gasteiger partial charge in [-0.3, -0.25) is 4.79 Å². The molecule has 0 radical (unpaired) electrons. The monoisotopic (exact) mass is 249 g/mol. The van der Waals surface area contributed by atoms with Crippen LogP contribution in [0.4, 0.5) is 0 Å². The maximum Gasteiger partial charge on any atom is 0.254 e. The third-order valence-corrected chi connectivity index (χ3v) is 3.55. The Morgan fingerprint density at radius 3 is 2.11 bits per heavy atom. The van der Waals surface area contributed by atoms with Crippen molar-refractivity contribution in [3.05, 3.63) is 23.8 Å². The van der Waals surface area contributed by atoms with Crippen LogP contribution in [-0.2, 0) is 0 Å². The van der Waals surface area contributed by atoms with Gasteiger partial charge < -0.3 is 15.1 Å². The quantitative estimate of drug-likeness (QED) is 0.803. The van der Waals surface area contributed by atoms with E-state index in [1.807, 2.05) is 0 Å². The lowest BCUT2D eigenvalue weighted by molar-refractivity contribution is 0.0629. The van der Waals surface area contributed by atoms with Crippen LogP contribution in [0.5, 0.6) is 11.5 Å². The zero-order valence-corrected chi connectivity index (χ0v) is 10.8. The second kappa shape index (κ2) is 4.52. The van der Waals surface area contributed by atoms with E-state index < -0.39 is 0 Å². The van der Waals surface area contributed by atoms with Crippen molar-refractivity contribution in [1.82, 2.24) is 4.90 Å². The van der Waals surface area contributed by atoms with Crippen molar-refractivity contribution >= 4 is 5.91 Å². The smallest absolute Gasteiger partial charge is 0.254 e. The van der Waals surface area contributed by atoms with Crippen LogP contribution in [0.15, 0.2) is 18.2 Å². The normalized spacial score (nSPS) is 18.7. The van der Waals surface area contributed by atoms with Gasteiger partial charge in [-0.1, -0.05) is 13.8 Å². The molecular weight excluding hydrogens is 230 g/mol. The van der Waals surface area contributed by atoms with Gasteiger partial charge in [-0.15, -0.1) is 0 Å². The van der Waals surface area contributed by atoms with E-state index in [4.69, 9.17) is 0 Å². The molecule has 1 heterocycles. The predicted octanol–water partition coefficient (Wildman–Crippen LogP) is 2.36. The molecule has 0 aromatic heterocycles. The Balaban J connectivity index is 2.12. The number of phenols is 2. The van der Waals surface area contributed by atoms with Crippen LogP contribution in [0.1, 0.15) is 37.0 Å². The summed E-state index contributed by atoms with van der Waals surface area (Å²) in [4.78, 5) is 14.0. The maximum atomic E-state index is 12.2. The van der Waals surface area contributed by atoms with Crippen LogP contribution < -0.4 is 0 Å². The molecule has 1 saturated heterocycles. The van der Waals surface area contributed by atoms with Gasteiger partial charge in [0.15, 0.2) is 0 Å². The van der Waals surface area contributed by atoms with E-state index in [1.54, 1.807) is 4.90 Å². The van der Waals surface area contributed by atoms with E-state index in [-0.39, 0.29) is 22.8 Å². The van der Waals surface area contributed by atoms with Crippen LogP contribution >= 0.6 is 0 Å². The summed E-state index contributed by atoms with van der Waals surface area (Å²) in [5.74, 6) is -0.303. The second-order valence-electron chi connectivity index (χ2n) is 5.69. The van der Waals surface area contributed by atoms with E-state index >= 15 is 0 Å². The predicted molar refractivity (Wildman–Crippen MR) is 68.7 cm³/mol. The molecule has 4 heteroatoms. The molecule has 1 amide bonds. The Bertz CT molecular complexity index is 438. The van der Waals surface area contributed by atoms with Crippen LogP contribution in [0.25, 0.3) is 0 Å². The second-order valence-corrected chi connectivity index (χ2v) is 5.69. The third kappa shape index (κ3) is 2.75. The molecule has 18 heavy (non-hydrogen) atoms. The van der Waals surface area contributed by atoms with Crippen molar-refractivity contribution in [3.63, 3.8) is 0 Å². The summed E-state index contributed by atoms with van der Waals surface area (Å²) < 4.78 is 0. The topological polar surface area (TPSA) is 60.8 Å². The number of likely N-dealkylation sites (tertiary alicyclic amines) is 1. The van der Waals surface area contributed by atoms with Crippen LogP contribution in [0.2, 0.25) is 0 Å². The minimum absolute atomic E-state index is 0.0873. The highest BCUT2D eigenvalue weighted by atomic mass is 16.3. The highest BCUT2D eigenvalue weighted by Crippen LogP contribution is 2.31.